The summed E-state index contributed by atoms with van der Waals surface area (Å²) in [5, 5.41) is 7.24. The van der Waals surface area contributed by atoms with Gasteiger partial charge in [-0.1, -0.05) is 24.1 Å². The molecule has 2 amide bonds. The molecule has 0 spiro atoms. The predicted molar refractivity (Wildman–Crippen MR) is 160 cm³/mol. The number of amidine groups is 1. The highest BCUT2D eigenvalue weighted by Gasteiger charge is 2.26. The first kappa shape index (κ1) is 27.7. The Labute approximate surface area is 241 Å². The number of ether oxygens (including phenoxy) is 1. The minimum atomic E-state index is -0.443. The summed E-state index contributed by atoms with van der Waals surface area (Å²) >= 11 is 7.56. The summed E-state index contributed by atoms with van der Waals surface area (Å²) in [5.41, 5.74) is 3.58. The van der Waals surface area contributed by atoms with Crippen LogP contribution in [0.1, 0.15) is 42.1 Å². The molecule has 1 saturated heterocycles. The molecule has 3 aromatic rings. The van der Waals surface area contributed by atoms with Gasteiger partial charge in [-0.25, -0.2) is 9.79 Å². The molecule has 206 valence electrons. The average molecular weight is 578 g/mol. The molecule has 11 heteroatoms. The number of aliphatic imine (C=N–C) groups is 1. The molecule has 0 radical (unpaired) electrons. The number of aromatic nitrogens is 1. The van der Waals surface area contributed by atoms with E-state index in [4.69, 9.17) is 16.3 Å². The van der Waals surface area contributed by atoms with Crippen LogP contribution in [0.5, 0.6) is 0 Å². The van der Waals surface area contributed by atoms with Crippen molar-refractivity contribution >= 4 is 80.4 Å². The molecule has 0 bridgehead atoms. The molecule has 9 nitrogen and oxygen atoms in total. The number of benzene rings is 2. The number of carbonyl (C=O) groups excluding carboxylic acids is 3. The lowest BCUT2D eigenvalue weighted by Crippen LogP contribution is -2.27. The van der Waals surface area contributed by atoms with Crippen molar-refractivity contribution in [3.63, 3.8) is 0 Å². The average Bonchev–Trinajstić information content (AvgIpc) is 3.22. The molecule has 1 aromatic heterocycles. The van der Waals surface area contributed by atoms with Crippen LogP contribution in [0.15, 0.2) is 52.5 Å². The van der Waals surface area contributed by atoms with E-state index in [1.54, 1.807) is 31.2 Å². The Balaban J connectivity index is 1.41. The summed E-state index contributed by atoms with van der Waals surface area (Å²) in [4.78, 5) is 49.0. The van der Waals surface area contributed by atoms with Crippen molar-refractivity contribution in [3.05, 3.63) is 63.6 Å². The maximum Gasteiger partial charge on any atom is 0.341 e. The zero-order valence-electron chi connectivity index (χ0n) is 22.3. The minimum absolute atomic E-state index is 0.00155. The standard InChI is InChI=1S/C29H28ClN5O4S/c1-4-39-28(38)20-15-31-22-11-8-16(12-19(22)25(20)35(2)3)13-24-27(37)34-29(40-24)33-23-14-18(9-10-21(23)30)32-26(36)17-6-5-7-17/h8-15,17H,4-7H2,1-3H3,(H,32,36)(H,33,34,37). The van der Waals surface area contributed by atoms with E-state index in [0.29, 0.717) is 43.2 Å². The van der Waals surface area contributed by atoms with Gasteiger partial charge >= 0.3 is 5.97 Å². The summed E-state index contributed by atoms with van der Waals surface area (Å²) in [5.74, 6) is -0.681. The molecule has 1 aliphatic heterocycles. The number of pyridine rings is 1. The molecule has 2 heterocycles. The first-order valence-electron chi connectivity index (χ1n) is 12.9. The van der Waals surface area contributed by atoms with Crippen molar-refractivity contribution in [1.82, 2.24) is 10.3 Å². The van der Waals surface area contributed by atoms with Gasteiger partial charge in [-0.2, -0.15) is 0 Å². The number of amides is 2. The quantitative estimate of drug-likeness (QED) is 0.271. The van der Waals surface area contributed by atoms with Crippen LogP contribution < -0.4 is 15.5 Å². The third kappa shape index (κ3) is 5.83. The molecule has 2 fully saturated rings. The number of nitrogens with zero attached hydrogens (tertiary/aromatic N) is 3. The van der Waals surface area contributed by atoms with Gasteiger partial charge in [0.1, 0.15) is 5.56 Å². The second-order valence-electron chi connectivity index (χ2n) is 9.68. The van der Waals surface area contributed by atoms with Crippen molar-refractivity contribution in [1.29, 1.82) is 0 Å². The summed E-state index contributed by atoms with van der Waals surface area (Å²) in [6, 6.07) is 10.7. The molecule has 2 aromatic carbocycles. The molecule has 0 atom stereocenters. The number of anilines is 2. The largest absolute Gasteiger partial charge is 0.462 e. The Morgan fingerprint density at radius 2 is 2.05 bits per heavy atom. The Morgan fingerprint density at radius 1 is 1.25 bits per heavy atom. The zero-order chi connectivity index (χ0) is 28.4. The lowest BCUT2D eigenvalue weighted by atomic mass is 9.85. The number of thioether (sulfide) groups is 1. The molecule has 40 heavy (non-hydrogen) atoms. The van der Waals surface area contributed by atoms with Gasteiger partial charge in [0.05, 0.1) is 33.4 Å². The van der Waals surface area contributed by atoms with Gasteiger partial charge in [0.15, 0.2) is 5.17 Å². The smallest absolute Gasteiger partial charge is 0.341 e. The van der Waals surface area contributed by atoms with Crippen molar-refractivity contribution in [3.8, 4) is 0 Å². The third-order valence-corrected chi connectivity index (χ3v) is 7.90. The summed E-state index contributed by atoms with van der Waals surface area (Å²) < 4.78 is 5.22. The van der Waals surface area contributed by atoms with E-state index in [1.807, 2.05) is 37.2 Å². The third-order valence-electron chi connectivity index (χ3n) is 6.67. The second-order valence-corrected chi connectivity index (χ2v) is 11.1. The summed E-state index contributed by atoms with van der Waals surface area (Å²) in [6.07, 6.45) is 6.17. The van der Waals surface area contributed by atoms with Gasteiger partial charge in [-0.05, 0) is 73.5 Å². The van der Waals surface area contributed by atoms with Crippen LogP contribution >= 0.6 is 23.4 Å². The van der Waals surface area contributed by atoms with Crippen molar-refractivity contribution in [2.75, 3.05) is 30.9 Å². The fraction of sp³-hybridized carbons (Fsp3) is 0.276. The maximum absolute atomic E-state index is 12.8. The van der Waals surface area contributed by atoms with E-state index < -0.39 is 5.97 Å². The normalized spacial score (nSPS) is 17.1. The lowest BCUT2D eigenvalue weighted by molar-refractivity contribution is -0.122. The van der Waals surface area contributed by atoms with E-state index in [-0.39, 0.29) is 24.3 Å². The molecule has 1 saturated carbocycles. The van der Waals surface area contributed by atoms with E-state index in [9.17, 15) is 14.4 Å². The first-order chi connectivity index (χ1) is 19.2. The van der Waals surface area contributed by atoms with Crippen LogP contribution in [0, 0.1) is 5.92 Å². The molecule has 2 N–H and O–H groups in total. The highest BCUT2D eigenvalue weighted by molar-refractivity contribution is 8.18. The van der Waals surface area contributed by atoms with E-state index in [1.165, 1.54) is 18.0 Å². The Hall–Kier alpha value is -3.89. The molecular weight excluding hydrogens is 550 g/mol. The number of carbonyl (C=O) groups is 3. The van der Waals surface area contributed by atoms with E-state index >= 15 is 0 Å². The van der Waals surface area contributed by atoms with Gasteiger partial charge < -0.3 is 20.3 Å². The summed E-state index contributed by atoms with van der Waals surface area (Å²) in [6.45, 7) is 2.02. The van der Waals surface area contributed by atoms with E-state index in [0.717, 1.165) is 30.2 Å². The van der Waals surface area contributed by atoms with Crippen LogP contribution in [0.4, 0.5) is 17.1 Å². The maximum atomic E-state index is 12.8. The molecule has 0 unspecified atom stereocenters. The lowest BCUT2D eigenvalue weighted by Gasteiger charge is -2.24. The van der Waals surface area contributed by atoms with Gasteiger partial charge in [-0.3, -0.25) is 14.6 Å². The first-order valence-corrected chi connectivity index (χ1v) is 14.1. The van der Waals surface area contributed by atoms with Gasteiger partial charge in [-0.15, -0.1) is 0 Å². The number of nitrogens with one attached hydrogen (secondary N) is 2. The predicted octanol–water partition coefficient (Wildman–Crippen LogP) is 5.76. The van der Waals surface area contributed by atoms with Gasteiger partial charge in [0.25, 0.3) is 5.91 Å². The molecular formula is C29H28ClN5O4S. The second kappa shape index (κ2) is 11.7. The number of esters is 1. The van der Waals surface area contributed by atoms with Crippen molar-refractivity contribution in [2.24, 2.45) is 10.9 Å². The van der Waals surface area contributed by atoms with E-state index in [2.05, 4.69) is 20.6 Å². The van der Waals surface area contributed by atoms with Crippen LogP contribution in [-0.2, 0) is 14.3 Å². The van der Waals surface area contributed by atoms with Crippen LogP contribution in [-0.4, -0.2) is 48.6 Å². The fourth-order valence-electron chi connectivity index (χ4n) is 4.46. The van der Waals surface area contributed by atoms with Crippen molar-refractivity contribution < 1.29 is 19.1 Å². The Kier molecular flexibility index (Phi) is 8.09. The molecule has 1 aliphatic carbocycles. The molecule has 5 rings (SSSR count). The highest BCUT2D eigenvalue weighted by atomic mass is 35.5. The van der Waals surface area contributed by atoms with Crippen LogP contribution in [0.25, 0.3) is 17.0 Å². The van der Waals surface area contributed by atoms with Crippen molar-refractivity contribution in [2.45, 2.75) is 26.2 Å². The Bertz CT molecular complexity index is 1580. The molecule has 2 aliphatic rings. The number of halogens is 1. The monoisotopic (exact) mass is 577 g/mol. The zero-order valence-corrected chi connectivity index (χ0v) is 23.9. The van der Waals surface area contributed by atoms with Crippen LogP contribution in [0.3, 0.4) is 0 Å². The SMILES string of the molecule is CCOC(=O)c1cnc2ccc(C=C3SC(=Nc4cc(NC(=O)C5CCC5)ccc4Cl)NC3=O)cc2c1N(C)C. The topological polar surface area (TPSA) is 113 Å². The van der Waals surface area contributed by atoms with Crippen LogP contribution in [0.2, 0.25) is 5.02 Å². The number of hydrogen-bond donors (Lipinski definition) is 2. The van der Waals surface area contributed by atoms with Gasteiger partial charge in [0, 0.05) is 37.3 Å². The minimum Gasteiger partial charge on any atom is -0.462 e. The fourth-order valence-corrected chi connectivity index (χ4v) is 5.45. The number of rotatable bonds is 7. The summed E-state index contributed by atoms with van der Waals surface area (Å²) in [7, 11) is 3.70. The Morgan fingerprint density at radius 3 is 2.75 bits per heavy atom. The number of fused-ring (bicyclic) bond motifs is 1. The highest BCUT2D eigenvalue weighted by Crippen LogP contribution is 2.35. The number of hydrogen-bond acceptors (Lipinski definition) is 8. The van der Waals surface area contributed by atoms with Gasteiger partial charge in [0.2, 0.25) is 5.91 Å².